The Morgan fingerprint density at radius 3 is 2.79 bits per heavy atom. The number of halogens is 3. The molecule has 1 aromatic heterocycles. The summed E-state index contributed by atoms with van der Waals surface area (Å²) in [5.74, 6) is -0.307. The van der Waals surface area contributed by atoms with Gasteiger partial charge in [-0.25, -0.2) is 0 Å². The second-order valence-electron chi connectivity index (χ2n) is 3.73. The summed E-state index contributed by atoms with van der Waals surface area (Å²) in [5.41, 5.74) is 0. The first-order valence-corrected chi connectivity index (χ1v) is 6.72. The molecule has 0 saturated heterocycles. The second kappa shape index (κ2) is 7.97. The van der Waals surface area contributed by atoms with Crippen LogP contribution in [0, 0.1) is 0 Å². The summed E-state index contributed by atoms with van der Waals surface area (Å²) in [5, 5.41) is 5.49. The molecule has 0 aliphatic carbocycles. The predicted molar refractivity (Wildman–Crippen MR) is 74.7 cm³/mol. The standard InChI is InChI=1S/C11H15Cl3N2O3/c1-18-6-3-5-15-10(11(12,13)14)16-9(17)8-4-2-7-19-8/h2,4,7,10,15H,3,5-6H2,1H3,(H,16,17)/t10-/m1/s1. The van der Waals surface area contributed by atoms with E-state index < -0.39 is 15.9 Å². The highest BCUT2D eigenvalue weighted by Gasteiger charge is 2.34. The number of rotatable bonds is 7. The van der Waals surface area contributed by atoms with E-state index in [-0.39, 0.29) is 5.76 Å². The van der Waals surface area contributed by atoms with Crippen molar-refractivity contribution >= 4 is 40.7 Å². The van der Waals surface area contributed by atoms with E-state index >= 15 is 0 Å². The Kier molecular flexibility index (Phi) is 6.96. The van der Waals surface area contributed by atoms with Gasteiger partial charge in [0.25, 0.3) is 5.91 Å². The Morgan fingerprint density at radius 2 is 2.26 bits per heavy atom. The normalized spacial score (nSPS) is 13.3. The highest BCUT2D eigenvalue weighted by molar-refractivity contribution is 6.68. The molecule has 5 nitrogen and oxygen atoms in total. The zero-order valence-electron chi connectivity index (χ0n) is 10.3. The Balaban J connectivity index is 2.52. The summed E-state index contributed by atoms with van der Waals surface area (Å²) in [7, 11) is 1.60. The van der Waals surface area contributed by atoms with E-state index in [0.29, 0.717) is 13.2 Å². The molecule has 1 aromatic rings. The number of hydrogen-bond acceptors (Lipinski definition) is 4. The lowest BCUT2D eigenvalue weighted by molar-refractivity contribution is 0.0901. The minimum Gasteiger partial charge on any atom is -0.459 e. The highest BCUT2D eigenvalue weighted by atomic mass is 35.6. The van der Waals surface area contributed by atoms with Crippen LogP contribution in [0.2, 0.25) is 0 Å². The zero-order valence-corrected chi connectivity index (χ0v) is 12.6. The Morgan fingerprint density at radius 1 is 1.53 bits per heavy atom. The molecule has 0 bridgehead atoms. The molecule has 1 amide bonds. The smallest absolute Gasteiger partial charge is 0.288 e. The number of hydrogen-bond donors (Lipinski definition) is 2. The van der Waals surface area contributed by atoms with Gasteiger partial charge in [-0.1, -0.05) is 34.8 Å². The van der Waals surface area contributed by atoms with Crippen LogP contribution in [0.1, 0.15) is 17.0 Å². The summed E-state index contributed by atoms with van der Waals surface area (Å²) in [6.45, 7) is 1.11. The lowest BCUT2D eigenvalue weighted by atomic mass is 10.4. The largest absolute Gasteiger partial charge is 0.459 e. The third kappa shape index (κ3) is 6.01. The van der Waals surface area contributed by atoms with Crippen molar-refractivity contribution in [2.75, 3.05) is 20.3 Å². The molecule has 1 atom stereocenters. The van der Waals surface area contributed by atoms with Gasteiger partial charge in [0.1, 0.15) is 6.17 Å². The maximum Gasteiger partial charge on any atom is 0.288 e. The molecule has 2 N–H and O–H groups in total. The Hall–Kier alpha value is -0.460. The lowest BCUT2D eigenvalue weighted by Crippen LogP contribution is -2.53. The first-order chi connectivity index (χ1) is 8.95. The number of carbonyl (C=O) groups is 1. The van der Waals surface area contributed by atoms with Gasteiger partial charge in [-0.05, 0) is 25.1 Å². The molecule has 108 valence electrons. The predicted octanol–water partition coefficient (Wildman–Crippen LogP) is 2.33. The third-order valence-corrected chi connectivity index (χ3v) is 2.88. The maximum atomic E-state index is 11.8. The van der Waals surface area contributed by atoms with Crippen molar-refractivity contribution in [3.63, 3.8) is 0 Å². The lowest BCUT2D eigenvalue weighted by Gasteiger charge is -2.26. The van der Waals surface area contributed by atoms with Gasteiger partial charge in [0, 0.05) is 13.7 Å². The minimum absolute atomic E-state index is 0.151. The topological polar surface area (TPSA) is 63.5 Å². The van der Waals surface area contributed by atoms with E-state index in [1.165, 1.54) is 12.3 Å². The van der Waals surface area contributed by atoms with Crippen LogP contribution in [-0.2, 0) is 4.74 Å². The van der Waals surface area contributed by atoms with Gasteiger partial charge in [-0.2, -0.15) is 0 Å². The van der Waals surface area contributed by atoms with Crippen molar-refractivity contribution in [2.45, 2.75) is 16.4 Å². The molecular formula is C11H15Cl3N2O3. The van der Waals surface area contributed by atoms with Gasteiger partial charge in [-0.15, -0.1) is 0 Å². The molecule has 0 aliphatic rings. The van der Waals surface area contributed by atoms with Crippen molar-refractivity contribution in [3.8, 4) is 0 Å². The molecule has 0 unspecified atom stereocenters. The average molecular weight is 330 g/mol. The van der Waals surface area contributed by atoms with Gasteiger partial charge in [-0.3, -0.25) is 10.1 Å². The van der Waals surface area contributed by atoms with Crippen molar-refractivity contribution in [3.05, 3.63) is 24.2 Å². The molecule has 0 radical (unpaired) electrons. The van der Waals surface area contributed by atoms with Crippen LogP contribution in [0.5, 0.6) is 0 Å². The van der Waals surface area contributed by atoms with E-state index in [9.17, 15) is 4.79 Å². The number of nitrogens with one attached hydrogen (secondary N) is 2. The number of alkyl halides is 3. The monoisotopic (exact) mass is 328 g/mol. The van der Waals surface area contributed by atoms with Crippen LogP contribution >= 0.6 is 34.8 Å². The summed E-state index contributed by atoms with van der Waals surface area (Å²) in [4.78, 5) is 11.8. The number of methoxy groups -OCH3 is 1. The zero-order chi connectivity index (χ0) is 14.3. The number of furan rings is 1. The number of amides is 1. The number of ether oxygens (including phenoxy) is 1. The fourth-order valence-corrected chi connectivity index (χ4v) is 1.72. The Bertz CT molecular complexity index is 379. The van der Waals surface area contributed by atoms with Gasteiger partial charge < -0.3 is 14.5 Å². The van der Waals surface area contributed by atoms with E-state index in [2.05, 4.69) is 10.6 Å². The van der Waals surface area contributed by atoms with E-state index in [1.807, 2.05) is 0 Å². The quantitative estimate of drug-likeness (QED) is 0.458. The van der Waals surface area contributed by atoms with Crippen LogP contribution in [-0.4, -0.2) is 36.1 Å². The minimum atomic E-state index is -1.67. The average Bonchev–Trinajstić information content (AvgIpc) is 2.85. The van der Waals surface area contributed by atoms with Crippen molar-refractivity contribution in [2.24, 2.45) is 0 Å². The first-order valence-electron chi connectivity index (χ1n) is 5.58. The first kappa shape index (κ1) is 16.6. The van der Waals surface area contributed by atoms with Gasteiger partial charge >= 0.3 is 0 Å². The van der Waals surface area contributed by atoms with Gasteiger partial charge in [0.05, 0.1) is 6.26 Å². The summed E-state index contributed by atoms with van der Waals surface area (Å²) in [6.07, 6.45) is 1.29. The van der Waals surface area contributed by atoms with Crippen LogP contribution < -0.4 is 10.6 Å². The third-order valence-electron chi connectivity index (χ3n) is 2.22. The molecule has 0 aliphatic heterocycles. The van der Waals surface area contributed by atoms with Crippen LogP contribution in [0.4, 0.5) is 0 Å². The van der Waals surface area contributed by atoms with E-state index in [1.54, 1.807) is 13.2 Å². The molecule has 0 spiro atoms. The number of carbonyl (C=O) groups excluding carboxylic acids is 1. The molecule has 0 saturated carbocycles. The molecule has 0 fully saturated rings. The summed E-state index contributed by atoms with van der Waals surface area (Å²) < 4.78 is 8.20. The maximum absolute atomic E-state index is 11.8. The molecule has 0 aromatic carbocycles. The van der Waals surface area contributed by atoms with Gasteiger partial charge in [0.2, 0.25) is 3.79 Å². The van der Waals surface area contributed by atoms with Crippen LogP contribution in [0.15, 0.2) is 22.8 Å². The van der Waals surface area contributed by atoms with E-state index in [0.717, 1.165) is 6.42 Å². The molecule has 19 heavy (non-hydrogen) atoms. The highest BCUT2D eigenvalue weighted by Crippen LogP contribution is 2.29. The fourth-order valence-electron chi connectivity index (χ4n) is 1.32. The van der Waals surface area contributed by atoms with Crippen molar-refractivity contribution < 1.29 is 13.9 Å². The van der Waals surface area contributed by atoms with Crippen LogP contribution in [0.3, 0.4) is 0 Å². The fraction of sp³-hybridized carbons (Fsp3) is 0.545. The second-order valence-corrected chi connectivity index (χ2v) is 6.09. The SMILES string of the molecule is COCCCN[C@H](NC(=O)c1ccco1)C(Cl)(Cl)Cl. The molecule has 1 rings (SSSR count). The Labute approximate surface area is 126 Å². The molecule has 1 heterocycles. The molecule has 8 heteroatoms. The van der Waals surface area contributed by atoms with Crippen LogP contribution in [0.25, 0.3) is 0 Å². The summed E-state index contributed by atoms with van der Waals surface area (Å²) in [6, 6.07) is 3.13. The van der Waals surface area contributed by atoms with E-state index in [4.69, 9.17) is 44.0 Å². The van der Waals surface area contributed by atoms with Crippen molar-refractivity contribution in [1.82, 2.24) is 10.6 Å². The summed E-state index contributed by atoms with van der Waals surface area (Å²) >= 11 is 17.4. The van der Waals surface area contributed by atoms with Gasteiger partial charge in [0.15, 0.2) is 5.76 Å². The van der Waals surface area contributed by atoms with Crippen molar-refractivity contribution in [1.29, 1.82) is 0 Å². The molecular weight excluding hydrogens is 314 g/mol.